The summed E-state index contributed by atoms with van der Waals surface area (Å²) in [5.41, 5.74) is 3.28. The zero-order valence-corrected chi connectivity index (χ0v) is 12.6. The minimum Gasteiger partial charge on any atom is -0.481 e. The Morgan fingerprint density at radius 2 is 2.14 bits per heavy atom. The van der Waals surface area contributed by atoms with Gasteiger partial charge in [-0.05, 0) is 24.8 Å². The van der Waals surface area contributed by atoms with Crippen molar-refractivity contribution in [3.05, 3.63) is 35.4 Å². The quantitative estimate of drug-likeness (QED) is 0.832. The summed E-state index contributed by atoms with van der Waals surface area (Å²) in [6.07, 6.45) is 2.71. The molecule has 1 aromatic rings. The van der Waals surface area contributed by atoms with Gasteiger partial charge in [-0.3, -0.25) is 9.59 Å². The highest BCUT2D eigenvalue weighted by Gasteiger charge is 2.32. The van der Waals surface area contributed by atoms with E-state index in [2.05, 4.69) is 21.6 Å². The van der Waals surface area contributed by atoms with E-state index in [0.717, 1.165) is 42.3 Å². The van der Waals surface area contributed by atoms with E-state index >= 15 is 0 Å². The van der Waals surface area contributed by atoms with Gasteiger partial charge in [-0.15, -0.1) is 5.10 Å². The zero-order chi connectivity index (χ0) is 15.5. The van der Waals surface area contributed by atoms with Crippen LogP contribution in [0, 0.1) is 0 Å². The molecule has 0 unspecified atom stereocenters. The van der Waals surface area contributed by atoms with E-state index in [1.165, 1.54) is 5.56 Å². The average Bonchev–Trinajstić information content (AvgIpc) is 2.84. The molecule has 1 amide bonds. The highest BCUT2D eigenvalue weighted by molar-refractivity contribution is 8.15. The minimum absolute atomic E-state index is 0.213. The molecule has 0 bridgehead atoms. The van der Waals surface area contributed by atoms with E-state index in [1.807, 2.05) is 18.2 Å². The van der Waals surface area contributed by atoms with Crippen LogP contribution >= 0.6 is 11.8 Å². The Morgan fingerprint density at radius 1 is 1.32 bits per heavy atom. The summed E-state index contributed by atoms with van der Waals surface area (Å²) in [5.74, 6) is -1.32. The van der Waals surface area contributed by atoms with Crippen LogP contribution in [-0.4, -0.2) is 33.1 Å². The first-order valence-electron chi connectivity index (χ1n) is 7.05. The molecule has 22 heavy (non-hydrogen) atoms. The molecule has 2 aliphatic rings. The monoisotopic (exact) mass is 317 g/mol. The number of nitrogens with one attached hydrogen (secondary N) is 1. The Hall–Kier alpha value is -2.15. The van der Waals surface area contributed by atoms with Gasteiger partial charge in [0, 0.05) is 5.56 Å². The SMILES string of the molecule is O=C(O)C[C@@H]1SC(=N/N=C2\CCCc3ccccc32)NC1=O. The third kappa shape index (κ3) is 3.19. The van der Waals surface area contributed by atoms with Crippen molar-refractivity contribution in [1.29, 1.82) is 0 Å². The van der Waals surface area contributed by atoms with Crippen molar-refractivity contribution in [2.45, 2.75) is 30.9 Å². The van der Waals surface area contributed by atoms with Crippen molar-refractivity contribution < 1.29 is 14.7 Å². The summed E-state index contributed by atoms with van der Waals surface area (Å²) >= 11 is 1.12. The lowest BCUT2D eigenvalue weighted by Gasteiger charge is -2.16. The van der Waals surface area contributed by atoms with Crippen molar-refractivity contribution in [2.75, 3.05) is 0 Å². The summed E-state index contributed by atoms with van der Waals surface area (Å²) < 4.78 is 0. The second kappa shape index (κ2) is 6.31. The highest BCUT2D eigenvalue weighted by atomic mass is 32.2. The van der Waals surface area contributed by atoms with Gasteiger partial charge in [-0.2, -0.15) is 5.10 Å². The molecule has 0 saturated carbocycles. The third-order valence-corrected chi connectivity index (χ3v) is 4.66. The molecule has 1 aliphatic heterocycles. The van der Waals surface area contributed by atoms with E-state index in [4.69, 9.17) is 5.11 Å². The maximum Gasteiger partial charge on any atom is 0.305 e. The number of carbonyl (C=O) groups is 2. The second-order valence-corrected chi connectivity index (χ2v) is 6.35. The molecule has 1 aliphatic carbocycles. The molecule has 1 aromatic carbocycles. The van der Waals surface area contributed by atoms with E-state index in [-0.39, 0.29) is 12.3 Å². The number of hydrogen-bond donors (Lipinski definition) is 2. The van der Waals surface area contributed by atoms with E-state index in [9.17, 15) is 9.59 Å². The number of rotatable bonds is 3. The number of fused-ring (bicyclic) bond motifs is 1. The summed E-state index contributed by atoms with van der Waals surface area (Å²) in [4.78, 5) is 22.3. The van der Waals surface area contributed by atoms with Crippen molar-refractivity contribution >= 4 is 34.5 Å². The zero-order valence-electron chi connectivity index (χ0n) is 11.8. The molecule has 0 spiro atoms. The van der Waals surface area contributed by atoms with E-state index in [0.29, 0.717) is 5.17 Å². The smallest absolute Gasteiger partial charge is 0.305 e. The van der Waals surface area contributed by atoms with Crippen LogP contribution in [0.2, 0.25) is 0 Å². The van der Waals surface area contributed by atoms with E-state index in [1.54, 1.807) is 0 Å². The number of aryl methyl sites for hydroxylation is 1. The number of thioether (sulfide) groups is 1. The van der Waals surface area contributed by atoms with Gasteiger partial charge in [-0.1, -0.05) is 36.0 Å². The minimum atomic E-state index is -0.999. The van der Waals surface area contributed by atoms with Crippen LogP contribution < -0.4 is 5.32 Å². The lowest BCUT2D eigenvalue weighted by molar-refractivity contribution is -0.138. The maximum absolute atomic E-state index is 11.6. The number of carboxylic acids is 1. The molecule has 3 rings (SSSR count). The van der Waals surface area contributed by atoms with Crippen molar-refractivity contribution in [2.24, 2.45) is 10.2 Å². The Balaban J connectivity index is 1.77. The number of aliphatic carboxylic acids is 1. The standard InChI is InChI=1S/C15H15N3O3S/c19-13(20)8-12-14(21)16-15(22-12)18-17-11-7-3-5-9-4-1-2-6-10(9)11/h1-2,4,6,12H,3,5,7-8H2,(H,19,20)(H,16,18,21)/b17-11+/t12-/m0/s1. The molecule has 0 aromatic heterocycles. The summed E-state index contributed by atoms with van der Waals surface area (Å²) in [6.45, 7) is 0. The lowest BCUT2D eigenvalue weighted by Crippen LogP contribution is -2.26. The molecule has 1 saturated heterocycles. The first-order valence-corrected chi connectivity index (χ1v) is 7.93. The number of carbonyl (C=O) groups excluding carboxylic acids is 1. The Bertz CT molecular complexity index is 684. The van der Waals surface area contributed by atoms with E-state index < -0.39 is 11.2 Å². The largest absolute Gasteiger partial charge is 0.481 e. The van der Waals surface area contributed by atoms with Gasteiger partial charge in [-0.25, -0.2) is 0 Å². The molecule has 1 heterocycles. The molecular weight excluding hydrogens is 302 g/mol. The molecule has 6 nitrogen and oxygen atoms in total. The summed E-state index contributed by atoms with van der Waals surface area (Å²) in [7, 11) is 0. The van der Waals surface area contributed by atoms with Gasteiger partial charge in [0.25, 0.3) is 0 Å². The van der Waals surface area contributed by atoms with Crippen LogP contribution in [0.5, 0.6) is 0 Å². The molecule has 7 heteroatoms. The molecule has 2 N–H and O–H groups in total. The average molecular weight is 317 g/mol. The van der Waals surface area contributed by atoms with Crippen LogP contribution in [0.15, 0.2) is 34.5 Å². The Morgan fingerprint density at radius 3 is 2.95 bits per heavy atom. The summed E-state index contributed by atoms with van der Waals surface area (Å²) in [5, 5.41) is 19.4. The Kier molecular flexibility index (Phi) is 4.24. The number of benzene rings is 1. The normalized spacial score (nSPS) is 24.4. The molecule has 114 valence electrons. The van der Waals surface area contributed by atoms with Crippen molar-refractivity contribution in [3.63, 3.8) is 0 Å². The lowest BCUT2D eigenvalue weighted by atomic mass is 9.90. The van der Waals surface area contributed by atoms with Crippen LogP contribution in [0.25, 0.3) is 0 Å². The fraction of sp³-hybridized carbons (Fsp3) is 0.333. The van der Waals surface area contributed by atoms with Crippen LogP contribution in [0.1, 0.15) is 30.4 Å². The molecule has 1 atom stereocenters. The fourth-order valence-electron chi connectivity index (χ4n) is 2.56. The maximum atomic E-state index is 11.6. The topological polar surface area (TPSA) is 91.1 Å². The first-order chi connectivity index (χ1) is 10.6. The second-order valence-electron chi connectivity index (χ2n) is 5.16. The molecule has 0 radical (unpaired) electrons. The molecular formula is C15H15N3O3S. The number of amides is 1. The van der Waals surface area contributed by atoms with Crippen LogP contribution in [0.4, 0.5) is 0 Å². The van der Waals surface area contributed by atoms with Crippen LogP contribution in [-0.2, 0) is 16.0 Å². The van der Waals surface area contributed by atoms with Gasteiger partial charge in [0.2, 0.25) is 5.91 Å². The number of hydrogen-bond acceptors (Lipinski definition) is 5. The van der Waals surface area contributed by atoms with Gasteiger partial charge >= 0.3 is 5.97 Å². The van der Waals surface area contributed by atoms with Gasteiger partial charge in [0.15, 0.2) is 5.17 Å². The van der Waals surface area contributed by atoms with Crippen LogP contribution in [0.3, 0.4) is 0 Å². The number of carboxylic acid groups (broad SMARTS) is 1. The predicted octanol–water partition coefficient (Wildman–Crippen LogP) is 1.79. The molecule has 1 fully saturated rings. The van der Waals surface area contributed by atoms with Gasteiger partial charge in [0.05, 0.1) is 12.1 Å². The third-order valence-electron chi connectivity index (χ3n) is 3.59. The highest BCUT2D eigenvalue weighted by Crippen LogP contribution is 2.24. The van der Waals surface area contributed by atoms with Gasteiger partial charge in [0.1, 0.15) is 5.25 Å². The fourth-order valence-corrected chi connectivity index (χ4v) is 3.46. The number of amidine groups is 1. The van der Waals surface area contributed by atoms with Crippen molar-refractivity contribution in [1.82, 2.24) is 5.32 Å². The number of nitrogens with zero attached hydrogens (tertiary/aromatic N) is 2. The Labute approximate surface area is 131 Å². The van der Waals surface area contributed by atoms with Crippen molar-refractivity contribution in [3.8, 4) is 0 Å². The first kappa shape index (κ1) is 14.8. The van der Waals surface area contributed by atoms with Gasteiger partial charge < -0.3 is 10.4 Å². The summed E-state index contributed by atoms with van der Waals surface area (Å²) in [6, 6.07) is 8.10. The predicted molar refractivity (Wildman–Crippen MR) is 85.1 cm³/mol.